The molecule has 0 aromatic heterocycles. The molecule has 43 heavy (non-hydrogen) atoms. The highest BCUT2D eigenvalue weighted by atomic mass is 79.9. The molecular formula is C25H32BrF11N3O3+. The van der Waals surface area contributed by atoms with Gasteiger partial charge in [0.15, 0.2) is 0 Å². The molecule has 1 aliphatic carbocycles. The lowest BCUT2D eigenvalue weighted by molar-refractivity contribution is -0.928. The monoisotopic (exact) mass is 710 g/mol. The summed E-state index contributed by atoms with van der Waals surface area (Å²) in [7, 11) is 0. The van der Waals surface area contributed by atoms with Gasteiger partial charge in [-0.2, -0.15) is 43.9 Å². The molecular weight excluding hydrogens is 679 g/mol. The summed E-state index contributed by atoms with van der Waals surface area (Å²) in [6.45, 7) is 14.8. The maximum atomic E-state index is 14.6. The van der Waals surface area contributed by atoms with E-state index in [0.29, 0.717) is 18.2 Å². The van der Waals surface area contributed by atoms with Gasteiger partial charge in [-0.3, -0.25) is 14.9 Å². The Kier molecular flexibility index (Phi) is 12.1. The summed E-state index contributed by atoms with van der Waals surface area (Å²) in [4.78, 5) is 21.3. The van der Waals surface area contributed by atoms with Crippen molar-refractivity contribution in [1.29, 1.82) is 0 Å². The van der Waals surface area contributed by atoms with Gasteiger partial charge in [-0.25, -0.2) is 4.39 Å². The zero-order valence-corrected chi connectivity index (χ0v) is 25.1. The molecule has 1 fully saturated rings. The summed E-state index contributed by atoms with van der Waals surface area (Å²) in [6.07, 6.45) is 5.33. The Balaban J connectivity index is 0.000000599. The Hall–Kier alpha value is -2.24. The number of carbonyl (C=O) groups excluding carboxylic acids is 1. The van der Waals surface area contributed by atoms with Crippen LogP contribution in [-0.4, -0.2) is 76.8 Å². The van der Waals surface area contributed by atoms with Gasteiger partial charge in [0.2, 0.25) is 0 Å². The molecule has 0 aliphatic heterocycles. The van der Waals surface area contributed by atoms with Crippen molar-refractivity contribution in [1.82, 2.24) is 0 Å². The summed E-state index contributed by atoms with van der Waals surface area (Å²) in [6, 6.07) is 1.42. The van der Waals surface area contributed by atoms with Crippen molar-refractivity contribution in [2.45, 2.75) is 88.7 Å². The van der Waals surface area contributed by atoms with Crippen molar-refractivity contribution in [3.63, 3.8) is 0 Å². The van der Waals surface area contributed by atoms with E-state index in [0.717, 1.165) is 5.32 Å². The number of hydrogen-bond donors (Lipinski definition) is 1. The fourth-order valence-corrected chi connectivity index (χ4v) is 5.47. The van der Waals surface area contributed by atoms with Gasteiger partial charge in [0.1, 0.15) is 0 Å². The topological polar surface area (TPSA) is 72.2 Å². The largest absolute Gasteiger partial charge is 0.384 e. The van der Waals surface area contributed by atoms with Crippen molar-refractivity contribution in [2.75, 3.05) is 31.5 Å². The molecule has 0 radical (unpaired) electrons. The van der Waals surface area contributed by atoms with Crippen LogP contribution in [-0.2, 0) is 4.79 Å². The highest BCUT2D eigenvalue weighted by Crippen LogP contribution is 2.69. The van der Waals surface area contributed by atoms with E-state index in [1.165, 1.54) is 56.3 Å². The number of hydrogen-bond acceptors (Lipinski definition) is 3. The average molecular weight is 711 g/mol. The second-order valence-electron chi connectivity index (χ2n) is 10.1. The van der Waals surface area contributed by atoms with E-state index < -0.39 is 62.0 Å². The lowest BCUT2D eigenvalue weighted by Crippen LogP contribution is -2.86. The van der Waals surface area contributed by atoms with Crippen LogP contribution in [0.25, 0.3) is 0 Å². The number of benzene rings is 1. The zero-order chi connectivity index (χ0) is 33.9. The third-order valence-electron chi connectivity index (χ3n) is 6.96. The average Bonchev–Trinajstić information content (AvgIpc) is 2.89. The predicted molar refractivity (Wildman–Crippen MR) is 139 cm³/mol. The minimum atomic E-state index is -7.45. The lowest BCUT2D eigenvalue weighted by Gasteiger charge is -2.51. The third-order valence-corrected chi connectivity index (χ3v) is 7.62. The van der Waals surface area contributed by atoms with Crippen molar-refractivity contribution in [3.8, 4) is 0 Å². The number of amides is 1. The molecule has 1 amide bonds. The Morgan fingerprint density at radius 3 is 1.40 bits per heavy atom. The van der Waals surface area contributed by atoms with Crippen LogP contribution in [0.1, 0.15) is 53.4 Å². The lowest BCUT2D eigenvalue weighted by atomic mass is 9.71. The number of nitro benzene ring substituents is 1. The van der Waals surface area contributed by atoms with E-state index in [1.54, 1.807) is 0 Å². The van der Waals surface area contributed by atoms with Crippen LogP contribution in [0, 0.1) is 10.1 Å². The summed E-state index contributed by atoms with van der Waals surface area (Å²) in [5.41, 5.74) is -8.66. The number of alkyl halides is 11. The van der Waals surface area contributed by atoms with Crippen molar-refractivity contribution in [2.24, 2.45) is 0 Å². The van der Waals surface area contributed by atoms with Crippen molar-refractivity contribution < 1.29 is 62.5 Å². The van der Waals surface area contributed by atoms with Crippen molar-refractivity contribution in [3.05, 3.63) is 32.8 Å². The Morgan fingerprint density at radius 1 is 0.744 bits per heavy atom. The van der Waals surface area contributed by atoms with E-state index in [9.17, 15) is 63.2 Å². The van der Waals surface area contributed by atoms with E-state index in [4.69, 9.17) is 0 Å². The van der Waals surface area contributed by atoms with Crippen LogP contribution in [0.3, 0.4) is 0 Å². The number of anilines is 1. The molecule has 0 spiro atoms. The predicted octanol–water partition coefficient (Wildman–Crippen LogP) is 8.64. The van der Waals surface area contributed by atoms with Gasteiger partial charge in [0.05, 0.1) is 36.8 Å². The van der Waals surface area contributed by atoms with Gasteiger partial charge in [-0.1, -0.05) is 27.7 Å². The van der Waals surface area contributed by atoms with Gasteiger partial charge in [0.25, 0.3) is 11.6 Å². The van der Waals surface area contributed by atoms with Gasteiger partial charge >= 0.3 is 35.3 Å². The van der Waals surface area contributed by atoms with Crippen LogP contribution in [0.4, 0.5) is 59.7 Å². The Labute approximate surface area is 248 Å². The smallest absolute Gasteiger partial charge is 0.324 e. The molecule has 2 rings (SSSR count). The minimum Gasteiger partial charge on any atom is -0.324 e. The minimum absolute atomic E-state index is 0.410. The fourth-order valence-electron chi connectivity index (χ4n) is 5.00. The van der Waals surface area contributed by atoms with E-state index in [-0.39, 0.29) is 0 Å². The first-order chi connectivity index (χ1) is 19.5. The number of rotatable bonds is 11. The summed E-state index contributed by atoms with van der Waals surface area (Å²) >= 11 is 2.47. The fraction of sp³-hybridized carbons (Fsp3) is 0.720. The molecule has 1 aliphatic rings. The number of non-ortho nitro benzene ring substituents is 1. The molecule has 1 N–H and O–H groups in total. The standard InChI is InChI=1S/C13H4BrF11N2O3.C12H28N/c14-5-3-4(27(29)30)1-2-6(5)26-7(28)8(15)9(16,17)11(20,21)13(24,25)12(22,23)10(8,18)19;1-5-9-13(10-6-2,11-7-3)12-8-4/h1-3H,(H,26,28);5-12H2,1-4H3/q;+1. The first kappa shape index (κ1) is 38.8. The Morgan fingerprint density at radius 2 is 1.09 bits per heavy atom. The molecule has 18 heteroatoms. The second-order valence-corrected chi connectivity index (χ2v) is 11.0. The number of quaternary nitrogens is 1. The Bertz CT molecular complexity index is 1090. The highest BCUT2D eigenvalue weighted by molar-refractivity contribution is 9.10. The van der Waals surface area contributed by atoms with E-state index >= 15 is 0 Å². The van der Waals surface area contributed by atoms with Crippen LogP contribution in [0.15, 0.2) is 22.7 Å². The second kappa shape index (κ2) is 13.4. The quantitative estimate of drug-likeness (QED) is 0.108. The van der Waals surface area contributed by atoms with E-state index in [2.05, 4.69) is 43.6 Å². The molecule has 1 aromatic rings. The SMILES string of the molecule is CCC[N+](CCC)(CCC)CCC.O=C(Nc1ccc([N+](=O)[O-])cc1Br)C1(F)C(F)(F)C(F)(F)C(F)(F)C(F)(F)C1(F)F. The molecule has 6 nitrogen and oxygen atoms in total. The van der Waals surface area contributed by atoms with Gasteiger partial charge < -0.3 is 9.80 Å². The molecule has 0 unspecified atom stereocenters. The molecule has 248 valence electrons. The number of halogens is 12. The molecule has 0 heterocycles. The van der Waals surface area contributed by atoms with E-state index in [1.807, 2.05) is 0 Å². The first-order valence-corrected chi connectivity index (χ1v) is 13.9. The first-order valence-electron chi connectivity index (χ1n) is 13.1. The molecule has 0 bridgehead atoms. The molecule has 0 atom stereocenters. The summed E-state index contributed by atoms with van der Waals surface area (Å²) < 4.78 is 150. The van der Waals surface area contributed by atoms with Crippen LogP contribution in [0.2, 0.25) is 0 Å². The highest BCUT2D eigenvalue weighted by Gasteiger charge is 3.02. The number of nitrogens with zero attached hydrogens (tertiary/aromatic N) is 2. The van der Waals surface area contributed by atoms with Gasteiger partial charge in [-0.05, 0) is 47.7 Å². The van der Waals surface area contributed by atoms with Crippen LogP contribution < -0.4 is 5.32 Å². The molecule has 1 saturated carbocycles. The molecule has 1 aromatic carbocycles. The third kappa shape index (κ3) is 6.31. The van der Waals surface area contributed by atoms with Gasteiger partial charge in [0, 0.05) is 16.6 Å². The van der Waals surface area contributed by atoms with Crippen LogP contribution in [0.5, 0.6) is 0 Å². The van der Waals surface area contributed by atoms with Crippen molar-refractivity contribution >= 4 is 33.2 Å². The normalized spacial score (nSPS) is 20.8. The van der Waals surface area contributed by atoms with Crippen LogP contribution >= 0.6 is 15.9 Å². The van der Waals surface area contributed by atoms with Gasteiger partial charge in [-0.15, -0.1) is 0 Å². The number of nitrogens with one attached hydrogen (secondary N) is 1. The zero-order valence-electron chi connectivity index (χ0n) is 23.5. The maximum absolute atomic E-state index is 14.6. The maximum Gasteiger partial charge on any atom is 0.384 e. The number of carbonyl (C=O) groups is 1. The molecule has 0 saturated heterocycles. The summed E-state index contributed by atoms with van der Waals surface area (Å²) in [5.74, 6) is -40.5. The summed E-state index contributed by atoms with van der Waals surface area (Å²) in [5, 5.41) is 11.4. The number of nitro groups is 1.